The van der Waals surface area contributed by atoms with Gasteiger partial charge in [0.05, 0.1) is 5.69 Å². The molecule has 0 unspecified atom stereocenters. The van der Waals surface area contributed by atoms with Crippen LogP contribution in [0.4, 0.5) is 10.7 Å². The van der Waals surface area contributed by atoms with Crippen LogP contribution in [-0.2, 0) is 9.84 Å². The van der Waals surface area contributed by atoms with Crippen LogP contribution in [0.1, 0.15) is 23.5 Å². The Morgan fingerprint density at radius 3 is 2.43 bits per heavy atom. The first-order chi connectivity index (χ1) is 9.77. The molecule has 6 nitrogen and oxygen atoms in total. The normalized spacial score (nSPS) is 11.2. The third kappa shape index (κ3) is 3.76. The molecular weight excluding hydrogens is 310 g/mol. The molecule has 1 aromatic rings. The SMILES string of the molecule is C=CCNC(=O)c1sc(N(CC)CC)c(S(C)(=O)=O)c1N. The minimum absolute atomic E-state index is 0.0194. The minimum Gasteiger partial charge on any atom is -0.396 e. The van der Waals surface area contributed by atoms with E-state index in [-0.39, 0.29) is 21.4 Å². The molecule has 0 saturated carbocycles. The smallest absolute Gasteiger partial charge is 0.263 e. The number of hydrogen-bond acceptors (Lipinski definition) is 6. The van der Waals surface area contributed by atoms with E-state index in [1.807, 2.05) is 18.7 Å². The molecule has 8 heteroatoms. The Bertz CT molecular complexity index is 631. The Hall–Kier alpha value is -1.54. The molecule has 0 bridgehead atoms. The Balaban J connectivity index is 3.44. The van der Waals surface area contributed by atoms with E-state index in [0.717, 1.165) is 17.6 Å². The van der Waals surface area contributed by atoms with Crippen LogP contribution in [0.2, 0.25) is 0 Å². The molecular formula is C13H21N3O3S2. The predicted molar refractivity (Wildman–Crippen MR) is 87.9 cm³/mol. The zero-order valence-electron chi connectivity index (χ0n) is 12.5. The number of rotatable bonds is 7. The summed E-state index contributed by atoms with van der Waals surface area (Å²) in [5, 5.41) is 3.13. The van der Waals surface area contributed by atoms with Gasteiger partial charge in [-0.1, -0.05) is 6.08 Å². The van der Waals surface area contributed by atoms with Gasteiger partial charge in [-0.15, -0.1) is 17.9 Å². The van der Waals surface area contributed by atoms with Crippen molar-refractivity contribution in [2.24, 2.45) is 0 Å². The number of nitrogens with one attached hydrogen (secondary N) is 1. The molecule has 118 valence electrons. The molecule has 0 saturated heterocycles. The first-order valence-electron chi connectivity index (χ1n) is 6.54. The van der Waals surface area contributed by atoms with Gasteiger partial charge in [-0.2, -0.15) is 0 Å². The lowest BCUT2D eigenvalue weighted by molar-refractivity contribution is 0.0963. The quantitative estimate of drug-likeness (QED) is 0.739. The number of carbonyl (C=O) groups excluding carboxylic acids is 1. The van der Waals surface area contributed by atoms with Crippen LogP contribution in [0.3, 0.4) is 0 Å². The van der Waals surface area contributed by atoms with Crippen molar-refractivity contribution in [3.8, 4) is 0 Å². The zero-order chi connectivity index (χ0) is 16.2. The molecule has 0 atom stereocenters. The van der Waals surface area contributed by atoms with Crippen molar-refractivity contribution in [2.75, 3.05) is 36.5 Å². The topological polar surface area (TPSA) is 92.5 Å². The van der Waals surface area contributed by atoms with E-state index in [2.05, 4.69) is 11.9 Å². The predicted octanol–water partition coefficient (Wildman–Crippen LogP) is 1.50. The van der Waals surface area contributed by atoms with Crippen molar-refractivity contribution < 1.29 is 13.2 Å². The van der Waals surface area contributed by atoms with Gasteiger partial charge in [0.25, 0.3) is 5.91 Å². The number of thiophene rings is 1. The number of anilines is 2. The molecule has 0 aliphatic heterocycles. The second kappa shape index (κ2) is 6.95. The lowest BCUT2D eigenvalue weighted by Gasteiger charge is -2.20. The summed E-state index contributed by atoms with van der Waals surface area (Å²) in [4.78, 5) is 14.2. The summed E-state index contributed by atoms with van der Waals surface area (Å²) in [6, 6.07) is 0. The van der Waals surface area contributed by atoms with E-state index in [0.29, 0.717) is 24.6 Å². The Morgan fingerprint density at radius 1 is 1.43 bits per heavy atom. The van der Waals surface area contributed by atoms with Gasteiger partial charge in [0.15, 0.2) is 9.84 Å². The third-order valence-electron chi connectivity index (χ3n) is 2.92. The summed E-state index contributed by atoms with van der Waals surface area (Å²) in [6.07, 6.45) is 2.65. The number of nitrogens with zero attached hydrogens (tertiary/aromatic N) is 1. The minimum atomic E-state index is -3.52. The zero-order valence-corrected chi connectivity index (χ0v) is 14.1. The number of amides is 1. The summed E-state index contributed by atoms with van der Waals surface area (Å²) in [5.74, 6) is -0.388. The van der Waals surface area contributed by atoms with Crippen molar-refractivity contribution >= 4 is 37.8 Å². The van der Waals surface area contributed by atoms with Gasteiger partial charge in [-0.05, 0) is 13.8 Å². The first-order valence-corrected chi connectivity index (χ1v) is 9.24. The second-order valence-electron chi connectivity index (χ2n) is 4.42. The van der Waals surface area contributed by atoms with Gasteiger partial charge in [0.1, 0.15) is 14.8 Å². The van der Waals surface area contributed by atoms with Crippen molar-refractivity contribution in [1.82, 2.24) is 5.32 Å². The molecule has 1 heterocycles. The summed E-state index contributed by atoms with van der Waals surface area (Å²) >= 11 is 1.10. The lowest BCUT2D eigenvalue weighted by atomic mass is 10.3. The van der Waals surface area contributed by atoms with Crippen LogP contribution in [0.15, 0.2) is 17.6 Å². The van der Waals surface area contributed by atoms with Crippen LogP contribution < -0.4 is 16.0 Å². The lowest BCUT2D eigenvalue weighted by Crippen LogP contribution is -2.23. The Labute approximate surface area is 129 Å². The molecule has 21 heavy (non-hydrogen) atoms. The van der Waals surface area contributed by atoms with Crippen LogP contribution in [0.5, 0.6) is 0 Å². The number of nitrogens with two attached hydrogens (primary N) is 1. The van der Waals surface area contributed by atoms with Gasteiger partial charge < -0.3 is 16.0 Å². The highest BCUT2D eigenvalue weighted by Crippen LogP contribution is 2.41. The van der Waals surface area contributed by atoms with E-state index in [1.165, 1.54) is 0 Å². The average Bonchev–Trinajstić information content (AvgIpc) is 2.75. The fraction of sp³-hybridized carbons (Fsp3) is 0.462. The molecule has 0 fully saturated rings. The molecule has 1 aromatic heterocycles. The number of nitrogen functional groups attached to an aromatic ring is 1. The average molecular weight is 331 g/mol. The molecule has 1 amide bonds. The number of sulfone groups is 1. The van der Waals surface area contributed by atoms with Gasteiger partial charge in [0.2, 0.25) is 0 Å². The maximum Gasteiger partial charge on any atom is 0.263 e. The highest BCUT2D eigenvalue weighted by molar-refractivity contribution is 7.91. The fourth-order valence-corrected chi connectivity index (χ4v) is 4.66. The molecule has 0 aliphatic carbocycles. The largest absolute Gasteiger partial charge is 0.396 e. The van der Waals surface area contributed by atoms with Gasteiger partial charge in [-0.3, -0.25) is 4.79 Å². The van der Waals surface area contributed by atoms with E-state index in [9.17, 15) is 13.2 Å². The van der Waals surface area contributed by atoms with Crippen molar-refractivity contribution in [3.63, 3.8) is 0 Å². The fourth-order valence-electron chi connectivity index (χ4n) is 1.91. The van der Waals surface area contributed by atoms with Crippen molar-refractivity contribution in [3.05, 3.63) is 17.5 Å². The standard InChI is InChI=1S/C13H21N3O3S2/c1-5-8-15-12(17)10-9(14)11(21(4,18)19)13(20-10)16(6-2)7-3/h5H,1,6-8,14H2,2-4H3,(H,15,17). The summed E-state index contributed by atoms with van der Waals surface area (Å²) in [7, 11) is -3.52. The highest BCUT2D eigenvalue weighted by Gasteiger charge is 2.28. The molecule has 0 spiro atoms. The van der Waals surface area contributed by atoms with Crippen LogP contribution >= 0.6 is 11.3 Å². The molecule has 1 rings (SSSR count). The monoisotopic (exact) mass is 331 g/mol. The summed E-state index contributed by atoms with van der Waals surface area (Å²) in [5.41, 5.74) is 5.95. The maximum absolute atomic E-state index is 12.1. The van der Waals surface area contributed by atoms with Crippen molar-refractivity contribution in [2.45, 2.75) is 18.7 Å². The van der Waals surface area contributed by atoms with E-state index >= 15 is 0 Å². The molecule has 0 aliphatic rings. The van der Waals surface area contributed by atoms with Gasteiger partial charge in [-0.25, -0.2) is 8.42 Å². The molecule has 3 N–H and O–H groups in total. The van der Waals surface area contributed by atoms with E-state index in [1.54, 1.807) is 6.08 Å². The van der Waals surface area contributed by atoms with Crippen molar-refractivity contribution in [1.29, 1.82) is 0 Å². The van der Waals surface area contributed by atoms with Crippen LogP contribution in [-0.4, -0.2) is 40.2 Å². The summed E-state index contributed by atoms with van der Waals surface area (Å²) in [6.45, 7) is 8.92. The highest BCUT2D eigenvalue weighted by atomic mass is 32.2. The molecule has 0 aromatic carbocycles. The maximum atomic E-state index is 12.1. The number of carbonyl (C=O) groups is 1. The second-order valence-corrected chi connectivity index (χ2v) is 7.37. The third-order valence-corrected chi connectivity index (χ3v) is 5.47. The van der Waals surface area contributed by atoms with Gasteiger partial charge >= 0.3 is 0 Å². The van der Waals surface area contributed by atoms with Crippen LogP contribution in [0.25, 0.3) is 0 Å². The number of hydrogen-bond donors (Lipinski definition) is 2. The van der Waals surface area contributed by atoms with E-state index < -0.39 is 9.84 Å². The Morgan fingerprint density at radius 2 is 2.00 bits per heavy atom. The van der Waals surface area contributed by atoms with Gasteiger partial charge in [0, 0.05) is 25.9 Å². The molecule has 0 radical (unpaired) electrons. The first kappa shape index (κ1) is 17.5. The summed E-state index contributed by atoms with van der Waals surface area (Å²) < 4.78 is 24.0. The van der Waals surface area contributed by atoms with E-state index in [4.69, 9.17) is 5.73 Å². The van der Waals surface area contributed by atoms with Crippen LogP contribution in [0, 0.1) is 0 Å². The Kier molecular flexibility index (Phi) is 5.79.